The molecule has 0 radical (unpaired) electrons. The Morgan fingerprint density at radius 2 is 1.93 bits per heavy atom. The molecule has 1 aromatic rings. The SMILES string of the molecule is CC(=O)[C@H](C)[C@@H](O)/C=C/c1ccccc1. The first-order chi connectivity index (χ1) is 7.11. The second kappa shape index (κ2) is 5.47. The lowest BCUT2D eigenvalue weighted by atomic mass is 10.00. The number of rotatable bonds is 4. The Hall–Kier alpha value is -1.41. The van der Waals surface area contributed by atoms with Crippen LogP contribution in [-0.2, 0) is 4.79 Å². The van der Waals surface area contributed by atoms with Gasteiger partial charge in [0.05, 0.1) is 6.10 Å². The van der Waals surface area contributed by atoms with Gasteiger partial charge in [-0.05, 0) is 12.5 Å². The Balaban J connectivity index is 2.62. The van der Waals surface area contributed by atoms with Gasteiger partial charge in [-0.25, -0.2) is 0 Å². The predicted molar refractivity (Wildman–Crippen MR) is 61.3 cm³/mol. The van der Waals surface area contributed by atoms with Crippen molar-refractivity contribution in [3.8, 4) is 0 Å². The average molecular weight is 204 g/mol. The van der Waals surface area contributed by atoms with Gasteiger partial charge < -0.3 is 5.11 Å². The summed E-state index contributed by atoms with van der Waals surface area (Å²) in [7, 11) is 0. The van der Waals surface area contributed by atoms with Crippen LogP contribution in [-0.4, -0.2) is 17.0 Å². The van der Waals surface area contributed by atoms with Crippen LogP contribution in [0.1, 0.15) is 19.4 Å². The van der Waals surface area contributed by atoms with Crippen molar-refractivity contribution >= 4 is 11.9 Å². The summed E-state index contributed by atoms with van der Waals surface area (Å²) in [6, 6.07) is 9.69. The van der Waals surface area contributed by atoms with E-state index < -0.39 is 6.10 Å². The van der Waals surface area contributed by atoms with Gasteiger partial charge in [-0.2, -0.15) is 0 Å². The van der Waals surface area contributed by atoms with E-state index in [4.69, 9.17) is 0 Å². The zero-order valence-corrected chi connectivity index (χ0v) is 9.05. The maximum absolute atomic E-state index is 11.0. The van der Waals surface area contributed by atoms with Gasteiger partial charge in [0.2, 0.25) is 0 Å². The first kappa shape index (κ1) is 11.7. The van der Waals surface area contributed by atoms with Crippen LogP contribution in [0.3, 0.4) is 0 Å². The van der Waals surface area contributed by atoms with Gasteiger partial charge >= 0.3 is 0 Å². The fourth-order valence-corrected chi connectivity index (χ4v) is 1.18. The molecule has 2 nitrogen and oxygen atoms in total. The minimum atomic E-state index is -0.706. The van der Waals surface area contributed by atoms with Crippen molar-refractivity contribution in [2.24, 2.45) is 5.92 Å². The normalized spacial score (nSPS) is 15.1. The fourth-order valence-electron chi connectivity index (χ4n) is 1.18. The molecular weight excluding hydrogens is 188 g/mol. The number of Topliss-reactive ketones (excluding diaryl/α,β-unsaturated/α-hetero) is 1. The van der Waals surface area contributed by atoms with Crippen molar-refractivity contribution in [3.05, 3.63) is 42.0 Å². The number of aliphatic hydroxyl groups is 1. The van der Waals surface area contributed by atoms with Gasteiger partial charge in [-0.1, -0.05) is 49.4 Å². The third-order valence-electron chi connectivity index (χ3n) is 2.44. The molecule has 0 heterocycles. The number of hydrogen-bond acceptors (Lipinski definition) is 2. The highest BCUT2D eigenvalue weighted by atomic mass is 16.3. The summed E-state index contributed by atoms with van der Waals surface area (Å²) in [6.45, 7) is 3.21. The summed E-state index contributed by atoms with van der Waals surface area (Å²) in [4.78, 5) is 11.0. The van der Waals surface area contributed by atoms with Crippen molar-refractivity contribution in [1.29, 1.82) is 0 Å². The molecule has 0 bridgehead atoms. The fraction of sp³-hybridized carbons (Fsp3) is 0.308. The lowest BCUT2D eigenvalue weighted by molar-refractivity contribution is -0.122. The highest BCUT2D eigenvalue weighted by Crippen LogP contribution is 2.08. The summed E-state index contributed by atoms with van der Waals surface area (Å²) in [5, 5.41) is 9.64. The molecule has 0 unspecified atom stereocenters. The Bertz CT molecular complexity index is 341. The molecule has 2 heteroatoms. The molecule has 2 atom stereocenters. The molecule has 0 spiro atoms. The van der Waals surface area contributed by atoms with E-state index in [1.807, 2.05) is 36.4 Å². The zero-order valence-electron chi connectivity index (χ0n) is 9.05. The summed E-state index contributed by atoms with van der Waals surface area (Å²) in [6.07, 6.45) is 2.77. The average Bonchev–Trinajstić information content (AvgIpc) is 2.26. The molecule has 1 rings (SSSR count). The van der Waals surface area contributed by atoms with Crippen molar-refractivity contribution in [3.63, 3.8) is 0 Å². The molecular formula is C13H16O2. The first-order valence-electron chi connectivity index (χ1n) is 5.03. The van der Waals surface area contributed by atoms with E-state index in [1.54, 1.807) is 13.0 Å². The van der Waals surface area contributed by atoms with Crippen LogP contribution in [0, 0.1) is 5.92 Å². The first-order valence-corrected chi connectivity index (χ1v) is 5.03. The predicted octanol–water partition coefficient (Wildman–Crippen LogP) is 2.29. The Morgan fingerprint density at radius 3 is 2.47 bits per heavy atom. The van der Waals surface area contributed by atoms with Gasteiger partial charge in [0.25, 0.3) is 0 Å². The maximum atomic E-state index is 11.0. The molecule has 0 aliphatic carbocycles. The monoisotopic (exact) mass is 204 g/mol. The lowest BCUT2D eigenvalue weighted by Gasteiger charge is -2.11. The van der Waals surface area contributed by atoms with Gasteiger partial charge in [0.1, 0.15) is 5.78 Å². The Kier molecular flexibility index (Phi) is 4.25. The largest absolute Gasteiger partial charge is 0.388 e. The highest BCUT2D eigenvalue weighted by molar-refractivity contribution is 5.78. The van der Waals surface area contributed by atoms with E-state index in [0.717, 1.165) is 5.56 Å². The summed E-state index contributed by atoms with van der Waals surface area (Å²) in [5.74, 6) is -0.342. The van der Waals surface area contributed by atoms with Gasteiger partial charge in [-0.15, -0.1) is 0 Å². The third kappa shape index (κ3) is 3.68. The quantitative estimate of drug-likeness (QED) is 0.817. The van der Waals surface area contributed by atoms with Crippen LogP contribution in [0.5, 0.6) is 0 Å². The minimum Gasteiger partial charge on any atom is -0.388 e. The number of carbonyl (C=O) groups is 1. The summed E-state index contributed by atoms with van der Waals surface area (Å²) >= 11 is 0. The standard InChI is InChI=1S/C13H16O2/c1-10(11(2)14)13(15)9-8-12-6-4-3-5-7-12/h3-10,13,15H,1-2H3/b9-8+/t10-,13-/m0/s1. The molecule has 0 fully saturated rings. The number of ketones is 1. The highest BCUT2D eigenvalue weighted by Gasteiger charge is 2.14. The van der Waals surface area contributed by atoms with E-state index in [2.05, 4.69) is 0 Å². The molecule has 80 valence electrons. The molecule has 0 aromatic heterocycles. The summed E-state index contributed by atoms with van der Waals surface area (Å²) in [5.41, 5.74) is 1.02. The van der Waals surface area contributed by atoms with E-state index in [-0.39, 0.29) is 11.7 Å². The van der Waals surface area contributed by atoms with Crippen LogP contribution >= 0.6 is 0 Å². The molecule has 0 saturated carbocycles. The number of carbonyl (C=O) groups excluding carboxylic acids is 1. The van der Waals surface area contributed by atoms with Crippen LogP contribution in [0.4, 0.5) is 0 Å². The van der Waals surface area contributed by atoms with E-state index >= 15 is 0 Å². The molecule has 0 amide bonds. The number of aliphatic hydroxyl groups excluding tert-OH is 1. The molecule has 0 aliphatic heterocycles. The Morgan fingerprint density at radius 1 is 1.33 bits per heavy atom. The number of benzene rings is 1. The maximum Gasteiger partial charge on any atom is 0.135 e. The molecule has 0 aliphatic rings. The summed E-state index contributed by atoms with van der Waals surface area (Å²) < 4.78 is 0. The van der Waals surface area contributed by atoms with Crippen LogP contribution < -0.4 is 0 Å². The minimum absolute atomic E-state index is 0.000196. The Labute approximate surface area is 90.3 Å². The van der Waals surface area contributed by atoms with Crippen LogP contribution in [0.15, 0.2) is 36.4 Å². The second-order valence-electron chi connectivity index (χ2n) is 3.66. The topological polar surface area (TPSA) is 37.3 Å². The second-order valence-corrected chi connectivity index (χ2v) is 3.66. The van der Waals surface area contributed by atoms with Crippen molar-refractivity contribution in [2.75, 3.05) is 0 Å². The molecule has 1 aromatic carbocycles. The molecule has 15 heavy (non-hydrogen) atoms. The van der Waals surface area contributed by atoms with Gasteiger partial charge in [0, 0.05) is 5.92 Å². The lowest BCUT2D eigenvalue weighted by Crippen LogP contribution is -2.21. The van der Waals surface area contributed by atoms with E-state index in [0.29, 0.717) is 0 Å². The van der Waals surface area contributed by atoms with Crippen molar-refractivity contribution < 1.29 is 9.90 Å². The number of hydrogen-bond donors (Lipinski definition) is 1. The molecule has 1 N–H and O–H groups in total. The smallest absolute Gasteiger partial charge is 0.135 e. The molecule has 0 saturated heterocycles. The van der Waals surface area contributed by atoms with Crippen LogP contribution in [0.2, 0.25) is 0 Å². The van der Waals surface area contributed by atoms with Gasteiger partial charge in [0.15, 0.2) is 0 Å². The van der Waals surface area contributed by atoms with E-state index in [9.17, 15) is 9.90 Å². The van der Waals surface area contributed by atoms with E-state index in [1.165, 1.54) is 6.92 Å². The van der Waals surface area contributed by atoms with Crippen LogP contribution in [0.25, 0.3) is 6.08 Å². The van der Waals surface area contributed by atoms with Gasteiger partial charge in [-0.3, -0.25) is 4.79 Å². The van der Waals surface area contributed by atoms with Crippen molar-refractivity contribution in [1.82, 2.24) is 0 Å². The zero-order chi connectivity index (χ0) is 11.3. The van der Waals surface area contributed by atoms with Crippen molar-refractivity contribution in [2.45, 2.75) is 20.0 Å². The third-order valence-corrected chi connectivity index (χ3v) is 2.44.